The molecule has 2 aromatic heterocycles. The second-order valence-electron chi connectivity index (χ2n) is 7.77. The third-order valence-electron chi connectivity index (χ3n) is 5.73. The molecule has 0 bridgehead atoms. The molecule has 3 aromatic rings. The quantitative estimate of drug-likeness (QED) is 0.596. The highest BCUT2D eigenvalue weighted by atomic mass is 35.5. The Labute approximate surface area is 193 Å². The van der Waals surface area contributed by atoms with Crippen LogP contribution >= 0.6 is 11.6 Å². The summed E-state index contributed by atoms with van der Waals surface area (Å²) in [6.45, 7) is 4.49. The number of nitrogens with one attached hydrogen (secondary N) is 1. The number of hydrogen-bond acceptors (Lipinski definition) is 6. The molecule has 4 rings (SSSR count). The summed E-state index contributed by atoms with van der Waals surface area (Å²) in [6, 6.07) is 4.38. The summed E-state index contributed by atoms with van der Waals surface area (Å²) in [5.74, 6) is -0.0137. The van der Waals surface area contributed by atoms with Crippen LogP contribution in [-0.4, -0.2) is 67.8 Å². The predicted molar refractivity (Wildman–Crippen MR) is 120 cm³/mol. The monoisotopic (exact) mass is 478 g/mol. The van der Waals surface area contributed by atoms with Gasteiger partial charge in [0.05, 0.1) is 19.7 Å². The first kappa shape index (κ1) is 23.0. The maximum Gasteiger partial charge on any atom is 0.409 e. The van der Waals surface area contributed by atoms with Gasteiger partial charge in [-0.3, -0.25) is 19.2 Å². The van der Waals surface area contributed by atoms with Gasteiger partial charge < -0.3 is 14.2 Å². The van der Waals surface area contributed by atoms with Crippen LogP contribution in [0.3, 0.4) is 0 Å². The van der Waals surface area contributed by atoms with Gasteiger partial charge in [0.15, 0.2) is 11.2 Å². The number of nitrogens with zero attached hydrogens (tertiary/aromatic N) is 5. The molecule has 0 unspecified atom stereocenters. The van der Waals surface area contributed by atoms with E-state index in [-0.39, 0.29) is 34.4 Å². The zero-order valence-corrected chi connectivity index (χ0v) is 19.1. The number of fused-ring (bicyclic) bond motifs is 1. The normalized spacial score (nSPS) is 14.7. The minimum absolute atomic E-state index is 0.0264. The van der Waals surface area contributed by atoms with Gasteiger partial charge in [-0.2, -0.15) is 0 Å². The van der Waals surface area contributed by atoms with Crippen LogP contribution in [0.15, 0.2) is 27.8 Å². The number of aromatic amines is 1. The van der Waals surface area contributed by atoms with E-state index in [2.05, 4.69) is 14.9 Å². The first-order valence-electron chi connectivity index (χ1n) is 10.6. The Balaban J connectivity index is 1.69. The average Bonchev–Trinajstić information content (AvgIpc) is 3.14. The predicted octanol–water partition coefficient (Wildman–Crippen LogP) is 1.54. The van der Waals surface area contributed by atoms with Gasteiger partial charge in [0.25, 0.3) is 5.56 Å². The second kappa shape index (κ2) is 9.36. The summed E-state index contributed by atoms with van der Waals surface area (Å²) in [4.78, 5) is 47.3. The topological polar surface area (TPSA) is 105 Å². The molecule has 176 valence electrons. The van der Waals surface area contributed by atoms with E-state index in [0.717, 1.165) is 0 Å². The van der Waals surface area contributed by atoms with Crippen LogP contribution in [-0.2, 0) is 24.9 Å². The summed E-state index contributed by atoms with van der Waals surface area (Å²) in [5.41, 5.74) is -0.602. The van der Waals surface area contributed by atoms with Crippen molar-refractivity contribution in [3.63, 3.8) is 0 Å². The van der Waals surface area contributed by atoms with E-state index < -0.39 is 17.1 Å². The van der Waals surface area contributed by atoms with Gasteiger partial charge >= 0.3 is 11.8 Å². The number of carbonyl (C=O) groups is 1. The number of ether oxygens (including phenoxy) is 1. The summed E-state index contributed by atoms with van der Waals surface area (Å²) in [5, 5.41) is 0.229. The summed E-state index contributed by atoms with van der Waals surface area (Å²) < 4.78 is 22.4. The van der Waals surface area contributed by atoms with Crippen LogP contribution < -0.4 is 11.2 Å². The lowest BCUT2D eigenvalue weighted by molar-refractivity contribution is 0.0769. The molecular weight excluding hydrogens is 455 g/mol. The number of H-pyrrole nitrogens is 1. The lowest BCUT2D eigenvalue weighted by Gasteiger charge is -2.33. The molecule has 0 saturated carbocycles. The Hall–Kier alpha value is -3.18. The number of halogens is 2. The van der Waals surface area contributed by atoms with Crippen molar-refractivity contribution < 1.29 is 13.9 Å². The van der Waals surface area contributed by atoms with Gasteiger partial charge in [0.2, 0.25) is 0 Å². The van der Waals surface area contributed by atoms with Gasteiger partial charge in [-0.05, 0) is 19.1 Å². The molecule has 10 nitrogen and oxygen atoms in total. The van der Waals surface area contributed by atoms with E-state index in [9.17, 15) is 18.8 Å². The Morgan fingerprint density at radius 2 is 1.94 bits per heavy atom. The van der Waals surface area contributed by atoms with Crippen molar-refractivity contribution >= 4 is 28.9 Å². The number of aromatic nitrogens is 4. The number of carbonyl (C=O) groups excluding carboxylic acids is 1. The van der Waals surface area contributed by atoms with Crippen LogP contribution in [0.1, 0.15) is 18.3 Å². The van der Waals surface area contributed by atoms with Crippen molar-refractivity contribution in [2.45, 2.75) is 20.0 Å². The van der Waals surface area contributed by atoms with Crippen molar-refractivity contribution in [2.24, 2.45) is 7.05 Å². The number of hydrogen-bond donors (Lipinski definition) is 1. The SMILES string of the molecule is CCOC(=O)N1CCN(Cc2nc3c(c(=O)[nH]c(=O)n3C)n2Cc2c(F)cccc2Cl)CC1. The molecular formula is C21H24ClFN6O4. The molecule has 1 aliphatic rings. The van der Waals surface area contributed by atoms with Crippen LogP contribution in [0.25, 0.3) is 11.2 Å². The Kier molecular flexibility index (Phi) is 6.52. The number of imidazole rings is 1. The molecule has 3 heterocycles. The van der Waals surface area contributed by atoms with Gasteiger partial charge in [-0.25, -0.2) is 19.0 Å². The number of piperazine rings is 1. The molecule has 12 heteroatoms. The molecule has 1 aliphatic heterocycles. The van der Waals surface area contributed by atoms with E-state index in [0.29, 0.717) is 45.2 Å². The van der Waals surface area contributed by atoms with Crippen LogP contribution in [0.5, 0.6) is 0 Å². The Morgan fingerprint density at radius 3 is 2.61 bits per heavy atom. The molecule has 1 amide bonds. The summed E-state index contributed by atoms with van der Waals surface area (Å²) in [6.07, 6.45) is -0.347. The third kappa shape index (κ3) is 4.51. The first-order chi connectivity index (χ1) is 15.8. The first-order valence-corrected chi connectivity index (χ1v) is 10.9. The second-order valence-corrected chi connectivity index (χ2v) is 8.17. The molecule has 33 heavy (non-hydrogen) atoms. The van der Waals surface area contributed by atoms with Crippen molar-refractivity contribution in [3.8, 4) is 0 Å². The van der Waals surface area contributed by atoms with Gasteiger partial charge in [-0.1, -0.05) is 17.7 Å². The molecule has 0 aliphatic carbocycles. The highest BCUT2D eigenvalue weighted by Crippen LogP contribution is 2.23. The zero-order valence-electron chi connectivity index (χ0n) is 18.3. The average molecular weight is 479 g/mol. The van der Waals surface area contributed by atoms with Crippen LogP contribution in [0.2, 0.25) is 5.02 Å². The minimum Gasteiger partial charge on any atom is -0.450 e. The van der Waals surface area contributed by atoms with E-state index in [4.69, 9.17) is 16.3 Å². The number of aryl methyl sites for hydroxylation is 1. The van der Waals surface area contributed by atoms with Crippen molar-refractivity contribution in [3.05, 3.63) is 61.3 Å². The fraction of sp³-hybridized carbons (Fsp3) is 0.429. The molecule has 1 aromatic carbocycles. The third-order valence-corrected chi connectivity index (χ3v) is 6.08. The van der Waals surface area contributed by atoms with Gasteiger partial charge in [0.1, 0.15) is 11.6 Å². The fourth-order valence-corrected chi connectivity index (χ4v) is 4.14. The molecule has 0 radical (unpaired) electrons. The van der Waals surface area contributed by atoms with Crippen LogP contribution in [0.4, 0.5) is 9.18 Å². The Morgan fingerprint density at radius 1 is 1.21 bits per heavy atom. The van der Waals surface area contributed by atoms with Crippen molar-refractivity contribution in [2.75, 3.05) is 32.8 Å². The molecule has 1 N–H and O–H groups in total. The highest BCUT2D eigenvalue weighted by Gasteiger charge is 2.25. The summed E-state index contributed by atoms with van der Waals surface area (Å²) >= 11 is 6.23. The lowest BCUT2D eigenvalue weighted by atomic mass is 10.2. The minimum atomic E-state index is -0.605. The van der Waals surface area contributed by atoms with Crippen LogP contribution in [0, 0.1) is 5.82 Å². The van der Waals surface area contributed by atoms with Crippen molar-refractivity contribution in [1.82, 2.24) is 28.9 Å². The number of amides is 1. The Bertz CT molecular complexity index is 1290. The van der Waals surface area contributed by atoms with E-state index in [1.807, 2.05) is 0 Å². The van der Waals surface area contributed by atoms with E-state index in [1.165, 1.54) is 23.7 Å². The van der Waals surface area contributed by atoms with Crippen molar-refractivity contribution in [1.29, 1.82) is 0 Å². The summed E-state index contributed by atoms with van der Waals surface area (Å²) in [7, 11) is 1.51. The lowest BCUT2D eigenvalue weighted by Crippen LogP contribution is -2.48. The zero-order chi connectivity index (χ0) is 23.7. The molecule has 0 spiro atoms. The van der Waals surface area contributed by atoms with E-state index in [1.54, 1.807) is 22.5 Å². The standard InChI is InChI=1S/C21H24ClFN6O4/c1-3-33-21(32)28-9-7-27(8-10-28)12-16-24-18-17(19(30)25-20(31)26(18)2)29(16)11-13-14(22)5-4-6-15(13)23/h4-6H,3,7-12H2,1-2H3,(H,25,30,31). The van der Waals surface area contributed by atoms with Gasteiger partial charge in [-0.15, -0.1) is 0 Å². The maximum atomic E-state index is 14.5. The molecule has 0 atom stereocenters. The molecule has 1 fully saturated rings. The maximum absolute atomic E-state index is 14.5. The fourth-order valence-electron chi connectivity index (χ4n) is 3.92. The smallest absolute Gasteiger partial charge is 0.409 e. The highest BCUT2D eigenvalue weighted by molar-refractivity contribution is 6.31. The van der Waals surface area contributed by atoms with Gasteiger partial charge in [0, 0.05) is 43.8 Å². The molecule has 1 saturated heterocycles. The van der Waals surface area contributed by atoms with E-state index >= 15 is 0 Å². The number of rotatable bonds is 5. The largest absolute Gasteiger partial charge is 0.450 e. The number of benzene rings is 1.